The Hall–Kier alpha value is -2.35. The average molecular weight is 308 g/mol. The Morgan fingerprint density at radius 2 is 1.91 bits per heavy atom. The summed E-state index contributed by atoms with van der Waals surface area (Å²) >= 11 is 0. The molecule has 0 aliphatic rings. The van der Waals surface area contributed by atoms with Crippen molar-refractivity contribution in [3.05, 3.63) is 73.4 Å². The normalized spacial score (nSPS) is 11.3. The Bertz CT molecular complexity index is 631. The highest BCUT2D eigenvalue weighted by molar-refractivity contribution is 5.84. The molecule has 2 nitrogen and oxygen atoms in total. The van der Waals surface area contributed by atoms with E-state index < -0.39 is 0 Å². The summed E-state index contributed by atoms with van der Waals surface area (Å²) in [6.07, 6.45) is 3.79. The standard InChI is InChI=1S/C21H28N2/c1-8-12-22-21-11-10-19(13-20(21)17(7)15(3)4)18(9-2)14-23-16(5)6/h8-11,13,18,22H,1-3,7,12,14H2,4-6H3. The van der Waals surface area contributed by atoms with Crippen LogP contribution in [0.5, 0.6) is 0 Å². The monoisotopic (exact) mass is 308 g/mol. The van der Waals surface area contributed by atoms with E-state index in [0.29, 0.717) is 13.1 Å². The minimum Gasteiger partial charge on any atom is -0.381 e. The molecule has 122 valence electrons. The van der Waals surface area contributed by atoms with Crippen molar-refractivity contribution in [2.75, 3.05) is 18.4 Å². The predicted molar refractivity (Wildman–Crippen MR) is 106 cm³/mol. The first-order chi connectivity index (χ1) is 10.9. The maximum absolute atomic E-state index is 4.53. The summed E-state index contributed by atoms with van der Waals surface area (Å²) in [6.45, 7) is 23.3. The second-order valence-corrected chi connectivity index (χ2v) is 5.86. The fourth-order valence-electron chi connectivity index (χ4n) is 2.21. The minimum absolute atomic E-state index is 0.190. The van der Waals surface area contributed by atoms with Crippen LogP contribution in [-0.2, 0) is 0 Å². The maximum Gasteiger partial charge on any atom is 0.0491 e. The molecule has 0 fully saturated rings. The van der Waals surface area contributed by atoms with Crippen molar-refractivity contribution in [3.63, 3.8) is 0 Å². The molecule has 1 aromatic rings. The van der Waals surface area contributed by atoms with Gasteiger partial charge in [0.25, 0.3) is 0 Å². The average Bonchev–Trinajstić information content (AvgIpc) is 2.52. The highest BCUT2D eigenvalue weighted by Crippen LogP contribution is 2.31. The Labute approximate surface area is 141 Å². The molecule has 0 saturated carbocycles. The SMILES string of the molecule is C=CCNc1ccc(C(C=C)CN=C(C)C)cc1C(=C)C(=C)C. The van der Waals surface area contributed by atoms with E-state index in [9.17, 15) is 0 Å². The Morgan fingerprint density at radius 1 is 1.22 bits per heavy atom. The van der Waals surface area contributed by atoms with Gasteiger partial charge in [-0.1, -0.05) is 36.9 Å². The number of anilines is 1. The minimum atomic E-state index is 0.190. The van der Waals surface area contributed by atoms with Crippen molar-refractivity contribution >= 4 is 17.0 Å². The zero-order valence-electron chi connectivity index (χ0n) is 14.7. The number of hydrogen-bond donors (Lipinski definition) is 1. The highest BCUT2D eigenvalue weighted by Gasteiger charge is 2.12. The number of rotatable bonds is 9. The van der Waals surface area contributed by atoms with Crippen molar-refractivity contribution in [1.82, 2.24) is 0 Å². The number of nitrogens with zero attached hydrogens (tertiary/aromatic N) is 1. The molecule has 1 N–H and O–H groups in total. The van der Waals surface area contributed by atoms with Gasteiger partial charge in [0.2, 0.25) is 0 Å². The van der Waals surface area contributed by atoms with Crippen LogP contribution in [0.4, 0.5) is 5.69 Å². The first-order valence-corrected chi connectivity index (χ1v) is 7.84. The van der Waals surface area contributed by atoms with Crippen LogP contribution in [0, 0.1) is 0 Å². The second kappa shape index (κ2) is 8.94. The third kappa shape index (κ3) is 5.41. The van der Waals surface area contributed by atoms with Gasteiger partial charge in [0, 0.05) is 36.0 Å². The molecule has 0 bridgehead atoms. The van der Waals surface area contributed by atoms with Gasteiger partial charge < -0.3 is 5.32 Å². The summed E-state index contributed by atoms with van der Waals surface area (Å²) in [6, 6.07) is 6.37. The van der Waals surface area contributed by atoms with Gasteiger partial charge in [-0.2, -0.15) is 0 Å². The maximum atomic E-state index is 4.53. The molecule has 0 amide bonds. The van der Waals surface area contributed by atoms with Crippen LogP contribution in [-0.4, -0.2) is 18.8 Å². The number of aliphatic imine (C=N–C) groups is 1. The Balaban J connectivity index is 3.24. The molecular weight excluding hydrogens is 280 g/mol. The summed E-state index contributed by atoms with van der Waals surface area (Å²) in [7, 11) is 0. The molecule has 2 heteroatoms. The van der Waals surface area contributed by atoms with Gasteiger partial charge in [-0.05, 0) is 44.0 Å². The first kappa shape index (κ1) is 18.7. The predicted octanol–water partition coefficient (Wildman–Crippen LogP) is 5.62. The molecule has 0 aliphatic heterocycles. The van der Waals surface area contributed by atoms with Gasteiger partial charge in [-0.25, -0.2) is 0 Å². The summed E-state index contributed by atoms with van der Waals surface area (Å²) in [5, 5.41) is 3.36. The van der Waals surface area contributed by atoms with E-state index >= 15 is 0 Å². The summed E-state index contributed by atoms with van der Waals surface area (Å²) in [5.74, 6) is 0.190. The molecular formula is C21H28N2. The fourth-order valence-corrected chi connectivity index (χ4v) is 2.21. The van der Waals surface area contributed by atoms with Gasteiger partial charge in [0.1, 0.15) is 0 Å². The lowest BCUT2D eigenvalue weighted by molar-refractivity contribution is 0.851. The zero-order chi connectivity index (χ0) is 17.4. The van der Waals surface area contributed by atoms with Crippen molar-refractivity contribution in [1.29, 1.82) is 0 Å². The van der Waals surface area contributed by atoms with Gasteiger partial charge >= 0.3 is 0 Å². The third-order valence-electron chi connectivity index (χ3n) is 3.64. The number of allylic oxidation sites excluding steroid dienone is 2. The zero-order valence-corrected chi connectivity index (χ0v) is 14.7. The van der Waals surface area contributed by atoms with Crippen molar-refractivity contribution in [3.8, 4) is 0 Å². The lowest BCUT2D eigenvalue weighted by Gasteiger charge is -2.18. The molecule has 1 rings (SSSR count). The second-order valence-electron chi connectivity index (χ2n) is 5.86. The molecule has 0 aliphatic carbocycles. The molecule has 0 saturated heterocycles. The number of nitrogens with one attached hydrogen (secondary N) is 1. The number of benzene rings is 1. The van der Waals surface area contributed by atoms with E-state index in [1.807, 2.05) is 32.9 Å². The van der Waals surface area contributed by atoms with Crippen LogP contribution in [0.2, 0.25) is 0 Å². The van der Waals surface area contributed by atoms with E-state index in [1.165, 1.54) is 5.56 Å². The van der Waals surface area contributed by atoms with E-state index in [2.05, 4.69) is 54.8 Å². The molecule has 0 spiro atoms. The topological polar surface area (TPSA) is 24.4 Å². The van der Waals surface area contributed by atoms with E-state index in [-0.39, 0.29) is 5.92 Å². The van der Waals surface area contributed by atoms with Crippen molar-refractivity contribution in [2.24, 2.45) is 4.99 Å². The Kier molecular flexibility index (Phi) is 7.27. The van der Waals surface area contributed by atoms with E-state index in [1.54, 1.807) is 0 Å². The van der Waals surface area contributed by atoms with Gasteiger partial charge in [-0.3, -0.25) is 4.99 Å². The third-order valence-corrected chi connectivity index (χ3v) is 3.64. The number of hydrogen-bond acceptors (Lipinski definition) is 2. The summed E-state index contributed by atoms with van der Waals surface area (Å²) in [5.41, 5.74) is 6.28. The lowest BCUT2D eigenvalue weighted by Crippen LogP contribution is -2.05. The summed E-state index contributed by atoms with van der Waals surface area (Å²) < 4.78 is 0. The van der Waals surface area contributed by atoms with Crippen LogP contribution >= 0.6 is 0 Å². The Morgan fingerprint density at radius 3 is 2.43 bits per heavy atom. The molecule has 23 heavy (non-hydrogen) atoms. The molecule has 1 unspecified atom stereocenters. The highest BCUT2D eigenvalue weighted by atomic mass is 14.9. The van der Waals surface area contributed by atoms with Crippen molar-refractivity contribution < 1.29 is 0 Å². The lowest BCUT2D eigenvalue weighted by atomic mass is 9.92. The smallest absolute Gasteiger partial charge is 0.0491 e. The van der Waals surface area contributed by atoms with Crippen molar-refractivity contribution in [2.45, 2.75) is 26.7 Å². The van der Waals surface area contributed by atoms with Crippen LogP contribution in [0.15, 0.2) is 67.2 Å². The van der Waals surface area contributed by atoms with Crippen LogP contribution in [0.1, 0.15) is 37.8 Å². The van der Waals surface area contributed by atoms with Gasteiger partial charge in [0.15, 0.2) is 0 Å². The largest absolute Gasteiger partial charge is 0.381 e. The molecule has 1 atom stereocenters. The molecule has 0 heterocycles. The van der Waals surface area contributed by atoms with Gasteiger partial charge in [0.05, 0.1) is 0 Å². The van der Waals surface area contributed by atoms with Crippen LogP contribution in [0.3, 0.4) is 0 Å². The van der Waals surface area contributed by atoms with Gasteiger partial charge in [-0.15, -0.1) is 13.2 Å². The first-order valence-electron chi connectivity index (χ1n) is 7.84. The molecule has 0 radical (unpaired) electrons. The van der Waals surface area contributed by atoms with Crippen LogP contribution < -0.4 is 5.32 Å². The van der Waals surface area contributed by atoms with E-state index in [4.69, 9.17) is 0 Å². The fraction of sp³-hybridized carbons (Fsp3) is 0.286. The quantitative estimate of drug-likeness (QED) is 0.357. The molecule has 0 aromatic heterocycles. The van der Waals surface area contributed by atoms with Crippen LogP contribution in [0.25, 0.3) is 5.57 Å². The molecule has 1 aromatic carbocycles. The van der Waals surface area contributed by atoms with E-state index in [0.717, 1.165) is 28.1 Å². The summed E-state index contributed by atoms with van der Waals surface area (Å²) in [4.78, 5) is 4.53.